The summed E-state index contributed by atoms with van der Waals surface area (Å²) in [7, 11) is 0. The first kappa shape index (κ1) is 17.6. The Balaban J connectivity index is 2.31. The van der Waals surface area contributed by atoms with Crippen LogP contribution in [0.5, 0.6) is 17.2 Å². The van der Waals surface area contributed by atoms with Gasteiger partial charge in [0.25, 0.3) is 0 Å². The maximum atomic E-state index is 12.9. The third-order valence-electron chi connectivity index (χ3n) is 4.56. The van der Waals surface area contributed by atoms with Gasteiger partial charge in [-0.25, -0.2) is 0 Å². The molecule has 1 atom stereocenters. The third kappa shape index (κ3) is 2.70. The zero-order valence-corrected chi connectivity index (χ0v) is 14.1. The molecule has 0 fully saturated rings. The topological polar surface area (TPSA) is 111 Å². The molecule has 0 spiro atoms. The molecule has 2 aromatic carbocycles. The van der Waals surface area contributed by atoms with Gasteiger partial charge in [0.1, 0.15) is 29.1 Å². The highest BCUT2D eigenvalue weighted by molar-refractivity contribution is 5.85. The summed E-state index contributed by atoms with van der Waals surface area (Å²) in [5.74, 6) is -0.521. The highest BCUT2D eigenvalue weighted by atomic mass is 16.3. The summed E-state index contributed by atoms with van der Waals surface area (Å²) in [5, 5.41) is 39.5. The van der Waals surface area contributed by atoms with Crippen molar-refractivity contribution in [1.29, 1.82) is 0 Å². The van der Waals surface area contributed by atoms with Gasteiger partial charge >= 0.3 is 0 Å². The molecule has 1 unspecified atom stereocenters. The summed E-state index contributed by atoms with van der Waals surface area (Å²) in [6.07, 6.45) is 2.68. The summed E-state index contributed by atoms with van der Waals surface area (Å²) >= 11 is 0. The lowest BCUT2D eigenvalue weighted by molar-refractivity contribution is 0.233. The van der Waals surface area contributed by atoms with E-state index in [2.05, 4.69) is 6.58 Å². The Bertz CT molecular complexity index is 1070. The largest absolute Gasteiger partial charge is 0.508 e. The molecule has 0 saturated carbocycles. The van der Waals surface area contributed by atoms with Crippen LogP contribution in [0, 0.1) is 0 Å². The number of rotatable bonds is 4. The van der Waals surface area contributed by atoms with E-state index in [-0.39, 0.29) is 46.0 Å². The molecular formula is C20H18O6. The Labute approximate surface area is 148 Å². The second kappa shape index (κ2) is 6.24. The number of aromatic hydroxyl groups is 3. The van der Waals surface area contributed by atoms with Crippen LogP contribution in [0.25, 0.3) is 22.1 Å². The van der Waals surface area contributed by atoms with E-state index in [1.807, 2.05) is 0 Å². The first-order valence-corrected chi connectivity index (χ1v) is 7.86. The number of phenols is 3. The van der Waals surface area contributed by atoms with Crippen LogP contribution in [0.3, 0.4) is 0 Å². The number of fused-ring (bicyclic) bond motifs is 1. The second-order valence-corrected chi connectivity index (χ2v) is 6.33. The van der Waals surface area contributed by atoms with Crippen molar-refractivity contribution in [3.8, 4) is 28.4 Å². The van der Waals surface area contributed by atoms with Gasteiger partial charge in [-0.05, 0) is 25.1 Å². The van der Waals surface area contributed by atoms with E-state index < -0.39 is 10.8 Å². The van der Waals surface area contributed by atoms with Crippen molar-refractivity contribution < 1.29 is 24.8 Å². The number of aliphatic hydroxyl groups excluding tert-OH is 1. The Morgan fingerprint density at radius 1 is 1.12 bits per heavy atom. The Hall–Kier alpha value is -3.25. The van der Waals surface area contributed by atoms with Crippen molar-refractivity contribution in [3.63, 3.8) is 0 Å². The van der Waals surface area contributed by atoms with Gasteiger partial charge in [0.15, 0.2) is 0 Å². The number of benzene rings is 2. The van der Waals surface area contributed by atoms with Gasteiger partial charge in [0.05, 0.1) is 17.6 Å². The predicted octanol–water partition coefficient (Wildman–Crippen LogP) is 3.01. The minimum absolute atomic E-state index is 0.107. The maximum absolute atomic E-state index is 12.9. The summed E-state index contributed by atoms with van der Waals surface area (Å²) in [4.78, 5) is 12.9. The van der Waals surface area contributed by atoms with Crippen LogP contribution in [0.4, 0.5) is 0 Å². The molecular weight excluding hydrogens is 336 g/mol. The molecule has 6 nitrogen and oxygen atoms in total. The molecule has 1 aromatic heterocycles. The molecule has 1 heterocycles. The molecule has 6 heteroatoms. The zero-order valence-electron chi connectivity index (χ0n) is 14.1. The quantitative estimate of drug-likeness (QED) is 0.536. The van der Waals surface area contributed by atoms with Crippen molar-refractivity contribution in [1.82, 2.24) is 0 Å². The molecule has 0 saturated heterocycles. The third-order valence-corrected chi connectivity index (χ3v) is 4.56. The number of hydrogen-bond acceptors (Lipinski definition) is 6. The van der Waals surface area contributed by atoms with Crippen molar-refractivity contribution in [3.05, 3.63) is 65.0 Å². The van der Waals surface area contributed by atoms with Gasteiger partial charge < -0.3 is 24.8 Å². The van der Waals surface area contributed by atoms with E-state index in [1.165, 1.54) is 36.6 Å². The Morgan fingerprint density at radius 2 is 1.85 bits per heavy atom. The van der Waals surface area contributed by atoms with E-state index in [0.717, 1.165) is 6.07 Å². The molecule has 0 amide bonds. The average Bonchev–Trinajstić information content (AvgIpc) is 2.62. The second-order valence-electron chi connectivity index (χ2n) is 6.33. The van der Waals surface area contributed by atoms with E-state index in [4.69, 9.17) is 4.42 Å². The van der Waals surface area contributed by atoms with E-state index in [1.54, 1.807) is 6.92 Å². The molecule has 0 aliphatic carbocycles. The molecule has 26 heavy (non-hydrogen) atoms. The molecule has 0 aliphatic rings. The van der Waals surface area contributed by atoms with Crippen LogP contribution in [0.15, 0.2) is 58.5 Å². The summed E-state index contributed by atoms with van der Waals surface area (Å²) in [5.41, 5.74) is -0.540. The van der Waals surface area contributed by atoms with E-state index in [0.29, 0.717) is 5.56 Å². The van der Waals surface area contributed by atoms with Crippen LogP contribution in [0.1, 0.15) is 12.5 Å². The summed E-state index contributed by atoms with van der Waals surface area (Å²) in [6, 6.07) is 6.65. The summed E-state index contributed by atoms with van der Waals surface area (Å²) in [6.45, 7) is 5.05. The molecule has 0 radical (unpaired) electrons. The molecule has 3 aromatic rings. The minimum Gasteiger partial charge on any atom is -0.508 e. The molecule has 3 rings (SSSR count). The van der Waals surface area contributed by atoms with Gasteiger partial charge in [-0.15, -0.1) is 6.58 Å². The minimum atomic E-state index is -0.943. The fourth-order valence-electron chi connectivity index (χ4n) is 2.82. The fraction of sp³-hybridized carbons (Fsp3) is 0.150. The molecule has 4 N–H and O–H groups in total. The van der Waals surface area contributed by atoms with Crippen LogP contribution in [-0.4, -0.2) is 27.0 Å². The lowest BCUT2D eigenvalue weighted by atomic mass is 9.82. The van der Waals surface area contributed by atoms with Gasteiger partial charge in [-0.2, -0.15) is 0 Å². The number of hydrogen-bond donors (Lipinski definition) is 4. The first-order chi connectivity index (χ1) is 12.3. The molecule has 134 valence electrons. The van der Waals surface area contributed by atoms with Crippen LogP contribution in [0.2, 0.25) is 0 Å². The van der Waals surface area contributed by atoms with Crippen molar-refractivity contribution in [2.75, 3.05) is 6.61 Å². The highest BCUT2D eigenvalue weighted by Crippen LogP contribution is 2.36. The SMILES string of the molecule is C=CC(C)(CO)c1cc2c(=O)c(-c3ccc(O)cc3O)coc2cc1O. The highest BCUT2D eigenvalue weighted by Gasteiger charge is 2.27. The number of aliphatic hydroxyl groups is 1. The molecule has 0 aliphatic heterocycles. The summed E-state index contributed by atoms with van der Waals surface area (Å²) < 4.78 is 5.46. The smallest absolute Gasteiger partial charge is 0.200 e. The Kier molecular flexibility index (Phi) is 4.21. The van der Waals surface area contributed by atoms with Gasteiger partial charge in [-0.3, -0.25) is 4.79 Å². The normalized spacial score (nSPS) is 13.5. The number of phenolic OH excluding ortho intramolecular Hbond substituents is 3. The van der Waals surface area contributed by atoms with Crippen molar-refractivity contribution >= 4 is 11.0 Å². The predicted molar refractivity (Wildman–Crippen MR) is 97.5 cm³/mol. The van der Waals surface area contributed by atoms with Crippen molar-refractivity contribution in [2.45, 2.75) is 12.3 Å². The monoisotopic (exact) mass is 354 g/mol. The van der Waals surface area contributed by atoms with Crippen LogP contribution in [-0.2, 0) is 5.41 Å². The van der Waals surface area contributed by atoms with Crippen molar-refractivity contribution in [2.24, 2.45) is 0 Å². The maximum Gasteiger partial charge on any atom is 0.200 e. The standard InChI is InChI=1S/C20H18O6/c1-3-20(2,10-21)15-7-13-18(8-17(15)24)26-9-14(19(13)25)12-5-4-11(22)6-16(12)23/h3-9,21-24H,1,10H2,2H3. The van der Waals surface area contributed by atoms with Gasteiger partial charge in [0, 0.05) is 28.7 Å². The molecule has 0 bridgehead atoms. The zero-order chi connectivity index (χ0) is 19.1. The lowest BCUT2D eigenvalue weighted by Gasteiger charge is -2.24. The Morgan fingerprint density at radius 3 is 2.46 bits per heavy atom. The lowest BCUT2D eigenvalue weighted by Crippen LogP contribution is -2.24. The van der Waals surface area contributed by atoms with Gasteiger partial charge in [0.2, 0.25) is 5.43 Å². The van der Waals surface area contributed by atoms with E-state index >= 15 is 0 Å². The van der Waals surface area contributed by atoms with Gasteiger partial charge in [-0.1, -0.05) is 6.08 Å². The van der Waals surface area contributed by atoms with Crippen LogP contribution < -0.4 is 5.43 Å². The first-order valence-electron chi connectivity index (χ1n) is 7.86. The average molecular weight is 354 g/mol. The van der Waals surface area contributed by atoms with Crippen LogP contribution >= 0.6 is 0 Å². The van der Waals surface area contributed by atoms with E-state index in [9.17, 15) is 25.2 Å². The fourth-order valence-corrected chi connectivity index (χ4v) is 2.82.